The Hall–Kier alpha value is -1.59. The van der Waals surface area contributed by atoms with Crippen LogP contribution >= 0.6 is 0 Å². The number of morpholine rings is 1. The standard InChI is InChI=1S/C20H27N3O5S2/c24-29(25)15-7-18(16-29)23(10-3-9-22-11-13-28-14-12-22)30(26,27)19-6-1-4-17-5-2-8-21-20(17)19/h1-2,4-6,8,18H,3,7,9-16H2/t18-/m1/s1. The average Bonchev–Trinajstić information content (AvgIpc) is 3.10. The molecule has 2 aliphatic rings. The van der Waals surface area contributed by atoms with Crippen molar-refractivity contribution in [2.75, 3.05) is 50.9 Å². The van der Waals surface area contributed by atoms with Crippen LogP contribution in [-0.4, -0.2) is 88.0 Å². The molecule has 0 aliphatic carbocycles. The zero-order chi connectivity index (χ0) is 21.2. The predicted octanol–water partition coefficient (Wildman–Crippen LogP) is 1.13. The molecule has 2 aliphatic heterocycles. The normalized spacial score (nSPS) is 22.6. The van der Waals surface area contributed by atoms with E-state index in [2.05, 4.69) is 9.88 Å². The van der Waals surface area contributed by atoms with Crippen molar-refractivity contribution in [2.45, 2.75) is 23.8 Å². The topological polar surface area (TPSA) is 96.9 Å². The van der Waals surface area contributed by atoms with Gasteiger partial charge in [-0.25, -0.2) is 16.8 Å². The van der Waals surface area contributed by atoms with E-state index in [1.54, 1.807) is 24.4 Å². The van der Waals surface area contributed by atoms with Gasteiger partial charge in [0.25, 0.3) is 0 Å². The first kappa shape index (κ1) is 21.6. The molecule has 1 atom stereocenters. The van der Waals surface area contributed by atoms with E-state index in [0.29, 0.717) is 31.6 Å². The summed E-state index contributed by atoms with van der Waals surface area (Å²) in [5.41, 5.74) is 0.416. The molecule has 0 bridgehead atoms. The minimum absolute atomic E-state index is 0.0287. The summed E-state index contributed by atoms with van der Waals surface area (Å²) >= 11 is 0. The van der Waals surface area contributed by atoms with Gasteiger partial charge in [0.05, 0.1) is 30.2 Å². The number of aromatic nitrogens is 1. The largest absolute Gasteiger partial charge is 0.379 e. The summed E-state index contributed by atoms with van der Waals surface area (Å²) in [6.07, 6.45) is 2.54. The molecule has 4 rings (SSSR count). The van der Waals surface area contributed by atoms with E-state index in [1.165, 1.54) is 4.31 Å². The summed E-state index contributed by atoms with van der Waals surface area (Å²) in [7, 11) is -7.12. The molecule has 3 heterocycles. The van der Waals surface area contributed by atoms with E-state index >= 15 is 0 Å². The lowest BCUT2D eigenvalue weighted by Crippen LogP contribution is -2.43. The van der Waals surface area contributed by atoms with E-state index in [-0.39, 0.29) is 22.9 Å². The zero-order valence-electron chi connectivity index (χ0n) is 16.8. The van der Waals surface area contributed by atoms with Gasteiger partial charge in [0.1, 0.15) is 4.90 Å². The van der Waals surface area contributed by atoms with Crippen LogP contribution in [0.4, 0.5) is 0 Å². The van der Waals surface area contributed by atoms with Crippen molar-refractivity contribution >= 4 is 30.8 Å². The molecule has 1 aromatic heterocycles. The summed E-state index contributed by atoms with van der Waals surface area (Å²) < 4.78 is 58.3. The summed E-state index contributed by atoms with van der Waals surface area (Å²) in [5.74, 6) is -0.0943. The molecule has 0 amide bonds. The molecule has 0 radical (unpaired) electrons. The highest BCUT2D eigenvalue weighted by atomic mass is 32.2. The van der Waals surface area contributed by atoms with Crippen LogP contribution in [0.5, 0.6) is 0 Å². The van der Waals surface area contributed by atoms with Gasteiger partial charge >= 0.3 is 0 Å². The first-order valence-corrected chi connectivity index (χ1v) is 13.5. The van der Waals surface area contributed by atoms with Crippen molar-refractivity contribution in [1.82, 2.24) is 14.2 Å². The van der Waals surface area contributed by atoms with E-state index < -0.39 is 25.9 Å². The maximum Gasteiger partial charge on any atom is 0.245 e. The van der Waals surface area contributed by atoms with Crippen LogP contribution in [0.15, 0.2) is 41.4 Å². The Balaban J connectivity index is 1.62. The SMILES string of the molecule is O=S1(=O)CC[C@@H](N(CCCN2CCOCC2)S(=O)(=O)c2cccc3cccnc23)C1. The second-order valence-corrected chi connectivity index (χ2v) is 11.9. The van der Waals surface area contributed by atoms with Gasteiger partial charge in [0.15, 0.2) is 9.84 Å². The van der Waals surface area contributed by atoms with Crippen molar-refractivity contribution in [3.05, 3.63) is 36.5 Å². The predicted molar refractivity (Wildman–Crippen MR) is 115 cm³/mol. The van der Waals surface area contributed by atoms with Crippen molar-refractivity contribution in [1.29, 1.82) is 0 Å². The van der Waals surface area contributed by atoms with E-state index in [1.807, 2.05) is 12.1 Å². The number of hydrogen-bond donors (Lipinski definition) is 0. The highest BCUT2D eigenvalue weighted by molar-refractivity contribution is 7.92. The summed E-state index contributed by atoms with van der Waals surface area (Å²) in [4.78, 5) is 6.68. The number of para-hydroxylation sites is 1. The number of sulfonamides is 1. The lowest BCUT2D eigenvalue weighted by molar-refractivity contribution is 0.0367. The number of hydrogen-bond acceptors (Lipinski definition) is 7. The Labute approximate surface area is 177 Å². The lowest BCUT2D eigenvalue weighted by atomic mass is 10.2. The lowest BCUT2D eigenvalue weighted by Gasteiger charge is -2.30. The Morgan fingerprint density at radius 2 is 1.93 bits per heavy atom. The Kier molecular flexibility index (Phi) is 6.40. The van der Waals surface area contributed by atoms with Gasteiger partial charge in [-0.3, -0.25) is 9.88 Å². The fraction of sp³-hybridized carbons (Fsp3) is 0.550. The van der Waals surface area contributed by atoms with Crippen molar-refractivity contribution in [2.24, 2.45) is 0 Å². The van der Waals surface area contributed by atoms with Gasteiger partial charge in [0, 0.05) is 37.3 Å². The minimum atomic E-state index is -3.90. The van der Waals surface area contributed by atoms with Crippen molar-refractivity contribution < 1.29 is 21.6 Å². The maximum atomic E-state index is 13.7. The van der Waals surface area contributed by atoms with Gasteiger partial charge in [-0.1, -0.05) is 18.2 Å². The van der Waals surface area contributed by atoms with E-state index in [9.17, 15) is 16.8 Å². The Bertz CT molecular complexity index is 1090. The molecule has 2 saturated heterocycles. The maximum absolute atomic E-state index is 13.7. The fourth-order valence-electron chi connectivity index (χ4n) is 4.19. The molecule has 0 unspecified atom stereocenters. The first-order chi connectivity index (χ1) is 14.4. The summed E-state index contributed by atoms with van der Waals surface area (Å²) in [6, 6.07) is 8.14. The third-order valence-corrected chi connectivity index (χ3v) is 9.49. The van der Waals surface area contributed by atoms with Crippen molar-refractivity contribution in [3.63, 3.8) is 0 Å². The first-order valence-electron chi connectivity index (χ1n) is 10.2. The highest BCUT2D eigenvalue weighted by Crippen LogP contribution is 2.29. The van der Waals surface area contributed by atoms with Crippen LogP contribution in [0.25, 0.3) is 10.9 Å². The Morgan fingerprint density at radius 1 is 1.17 bits per heavy atom. The number of pyridine rings is 1. The number of sulfone groups is 1. The average molecular weight is 454 g/mol. The molecule has 0 spiro atoms. The van der Waals surface area contributed by atoms with Crippen LogP contribution in [-0.2, 0) is 24.6 Å². The van der Waals surface area contributed by atoms with E-state index in [4.69, 9.17) is 4.74 Å². The molecule has 1 aromatic carbocycles. The second-order valence-electron chi connectivity index (χ2n) is 7.81. The molecule has 0 saturated carbocycles. The molecular formula is C20H27N3O5S2. The minimum Gasteiger partial charge on any atom is -0.379 e. The molecule has 30 heavy (non-hydrogen) atoms. The van der Waals surface area contributed by atoms with Crippen LogP contribution in [0.2, 0.25) is 0 Å². The molecule has 2 fully saturated rings. The quantitative estimate of drug-likeness (QED) is 0.620. The Morgan fingerprint density at radius 3 is 2.67 bits per heavy atom. The van der Waals surface area contributed by atoms with Crippen LogP contribution in [0.3, 0.4) is 0 Å². The molecule has 0 N–H and O–H groups in total. The van der Waals surface area contributed by atoms with Gasteiger partial charge in [0.2, 0.25) is 10.0 Å². The van der Waals surface area contributed by atoms with Gasteiger partial charge < -0.3 is 4.74 Å². The van der Waals surface area contributed by atoms with Gasteiger partial charge in [-0.15, -0.1) is 0 Å². The van der Waals surface area contributed by atoms with Crippen LogP contribution in [0, 0.1) is 0 Å². The third kappa shape index (κ3) is 4.67. The van der Waals surface area contributed by atoms with Gasteiger partial charge in [-0.05, 0) is 31.5 Å². The number of benzene rings is 1. The summed E-state index contributed by atoms with van der Waals surface area (Å²) in [5, 5.41) is 0.742. The third-order valence-electron chi connectivity index (χ3n) is 5.75. The number of fused-ring (bicyclic) bond motifs is 1. The molecule has 2 aromatic rings. The second kappa shape index (κ2) is 8.88. The monoisotopic (exact) mass is 453 g/mol. The van der Waals surface area contributed by atoms with Gasteiger partial charge in [-0.2, -0.15) is 4.31 Å². The molecule has 8 nitrogen and oxygen atoms in total. The number of ether oxygens (including phenoxy) is 1. The van der Waals surface area contributed by atoms with E-state index in [0.717, 1.165) is 25.0 Å². The van der Waals surface area contributed by atoms with Crippen LogP contribution in [0.1, 0.15) is 12.8 Å². The molecular weight excluding hydrogens is 426 g/mol. The smallest absolute Gasteiger partial charge is 0.245 e. The van der Waals surface area contributed by atoms with Crippen LogP contribution < -0.4 is 0 Å². The van der Waals surface area contributed by atoms with Crippen molar-refractivity contribution in [3.8, 4) is 0 Å². The molecule has 10 heteroatoms. The number of rotatable bonds is 7. The zero-order valence-corrected chi connectivity index (χ0v) is 18.4. The highest BCUT2D eigenvalue weighted by Gasteiger charge is 2.39. The number of nitrogens with zero attached hydrogens (tertiary/aromatic N) is 3. The molecule has 164 valence electrons. The fourth-order valence-corrected chi connectivity index (χ4v) is 7.87. The summed E-state index contributed by atoms with van der Waals surface area (Å²) in [6.45, 7) is 4.07.